The zero-order valence-corrected chi connectivity index (χ0v) is 16.1. The van der Waals surface area contributed by atoms with Crippen LogP contribution in [0.15, 0.2) is 36.4 Å². The van der Waals surface area contributed by atoms with Gasteiger partial charge in [0.05, 0.1) is 4.88 Å². The monoisotopic (exact) mass is 371 g/mol. The molecule has 0 atom stereocenters. The number of thiophene rings is 1. The third kappa shape index (κ3) is 4.43. The largest absolute Gasteiger partial charge is 0.348 e. The lowest BCUT2D eigenvalue weighted by atomic mass is 10.1. The number of nitrogens with one attached hydrogen (secondary N) is 2. The summed E-state index contributed by atoms with van der Waals surface area (Å²) in [5, 5.41) is 6.03. The molecule has 6 heteroatoms. The molecule has 2 N–H and O–H groups in total. The van der Waals surface area contributed by atoms with E-state index < -0.39 is 0 Å². The maximum Gasteiger partial charge on any atom is 0.321 e. The first-order valence-corrected chi connectivity index (χ1v) is 9.89. The Kier molecular flexibility index (Phi) is 5.93. The molecule has 1 aliphatic heterocycles. The lowest BCUT2D eigenvalue weighted by Gasteiger charge is -2.32. The lowest BCUT2D eigenvalue weighted by molar-refractivity contribution is 0.0923. The molecule has 2 aromatic rings. The van der Waals surface area contributed by atoms with Gasteiger partial charge in [-0.15, -0.1) is 11.3 Å². The summed E-state index contributed by atoms with van der Waals surface area (Å²) in [7, 11) is 0. The number of urea groups is 1. The minimum atomic E-state index is -0.0811. The van der Waals surface area contributed by atoms with Crippen LogP contribution in [0.4, 0.5) is 10.5 Å². The second-order valence-electron chi connectivity index (χ2n) is 6.60. The summed E-state index contributed by atoms with van der Waals surface area (Å²) in [6.45, 7) is 5.45. The van der Waals surface area contributed by atoms with Crippen LogP contribution in [0.2, 0.25) is 0 Å². The Morgan fingerprint density at radius 2 is 1.88 bits per heavy atom. The topological polar surface area (TPSA) is 61.4 Å². The second kappa shape index (κ2) is 8.36. The molecule has 1 aliphatic rings. The normalized spacial score (nSPS) is 14.9. The predicted molar refractivity (Wildman–Crippen MR) is 106 cm³/mol. The fourth-order valence-electron chi connectivity index (χ4n) is 3.19. The van der Waals surface area contributed by atoms with E-state index in [4.69, 9.17) is 0 Å². The minimum absolute atomic E-state index is 0.00462. The number of carbonyl (C=O) groups is 2. The Labute approximate surface area is 158 Å². The molecule has 1 saturated heterocycles. The zero-order chi connectivity index (χ0) is 18.5. The molecule has 0 aliphatic carbocycles. The predicted octanol–water partition coefficient (Wildman–Crippen LogP) is 4.05. The Hall–Kier alpha value is -2.34. The van der Waals surface area contributed by atoms with Gasteiger partial charge in [0.15, 0.2) is 0 Å². The number of para-hydroxylation sites is 1. The molecule has 1 fully saturated rings. The van der Waals surface area contributed by atoms with Crippen molar-refractivity contribution in [1.82, 2.24) is 10.2 Å². The van der Waals surface area contributed by atoms with Gasteiger partial charge in [-0.2, -0.15) is 0 Å². The molecule has 3 amide bonds. The van der Waals surface area contributed by atoms with E-state index in [-0.39, 0.29) is 18.0 Å². The van der Waals surface area contributed by atoms with Crippen LogP contribution in [0.1, 0.15) is 39.9 Å². The van der Waals surface area contributed by atoms with Gasteiger partial charge < -0.3 is 15.5 Å². The van der Waals surface area contributed by atoms with Crippen molar-refractivity contribution in [3.05, 3.63) is 51.7 Å². The number of amides is 3. The molecule has 26 heavy (non-hydrogen) atoms. The first-order valence-electron chi connectivity index (χ1n) is 9.08. The smallest absolute Gasteiger partial charge is 0.321 e. The molecule has 3 rings (SSSR count). The Morgan fingerprint density at radius 3 is 2.50 bits per heavy atom. The molecule has 1 aromatic heterocycles. The standard InChI is InChI=1S/C20H25N3O2S/c1-3-17-14(2)13-18(26-17)19(24)21-16-9-11-23(12-10-16)20(25)22-15-7-5-4-6-8-15/h4-8,13,16H,3,9-12H2,1-2H3,(H,21,24)(H,22,25). The molecular weight excluding hydrogens is 346 g/mol. The molecular formula is C20H25N3O2S. The van der Waals surface area contributed by atoms with Crippen LogP contribution in [0, 0.1) is 6.92 Å². The average molecular weight is 372 g/mol. The average Bonchev–Trinajstić information content (AvgIpc) is 3.04. The number of hydrogen-bond donors (Lipinski definition) is 2. The molecule has 0 spiro atoms. The van der Waals surface area contributed by atoms with Gasteiger partial charge in [-0.25, -0.2) is 4.79 Å². The van der Waals surface area contributed by atoms with Crippen LogP contribution in [0.3, 0.4) is 0 Å². The maximum atomic E-state index is 12.5. The van der Waals surface area contributed by atoms with Gasteiger partial charge in [0.25, 0.3) is 5.91 Å². The van der Waals surface area contributed by atoms with E-state index in [1.807, 2.05) is 36.4 Å². The Morgan fingerprint density at radius 1 is 1.19 bits per heavy atom. The van der Waals surface area contributed by atoms with E-state index in [9.17, 15) is 9.59 Å². The van der Waals surface area contributed by atoms with Gasteiger partial charge in [0.2, 0.25) is 0 Å². The van der Waals surface area contributed by atoms with Gasteiger partial charge >= 0.3 is 6.03 Å². The lowest BCUT2D eigenvalue weighted by Crippen LogP contribution is -2.47. The quantitative estimate of drug-likeness (QED) is 0.852. The number of piperidine rings is 1. The van der Waals surface area contributed by atoms with Crippen LogP contribution in [-0.4, -0.2) is 36.0 Å². The number of hydrogen-bond acceptors (Lipinski definition) is 3. The summed E-state index contributed by atoms with van der Waals surface area (Å²) in [6, 6.07) is 11.5. The van der Waals surface area contributed by atoms with E-state index in [2.05, 4.69) is 24.5 Å². The molecule has 1 aromatic carbocycles. The highest BCUT2D eigenvalue weighted by atomic mass is 32.1. The number of aryl methyl sites for hydroxylation is 2. The second-order valence-corrected chi connectivity index (χ2v) is 7.74. The molecule has 0 radical (unpaired) electrons. The number of carbonyl (C=O) groups excluding carboxylic acids is 2. The van der Waals surface area contributed by atoms with E-state index in [0.29, 0.717) is 13.1 Å². The van der Waals surface area contributed by atoms with Gasteiger partial charge in [-0.3, -0.25) is 4.79 Å². The van der Waals surface area contributed by atoms with Gasteiger partial charge in [-0.1, -0.05) is 25.1 Å². The molecule has 0 saturated carbocycles. The number of nitrogens with zero attached hydrogens (tertiary/aromatic N) is 1. The minimum Gasteiger partial charge on any atom is -0.348 e. The first-order chi connectivity index (χ1) is 12.6. The van der Waals surface area contributed by atoms with Crippen molar-refractivity contribution in [2.24, 2.45) is 0 Å². The van der Waals surface area contributed by atoms with E-state index in [1.54, 1.807) is 16.2 Å². The van der Waals surface area contributed by atoms with Gasteiger partial charge in [-0.05, 0) is 49.9 Å². The summed E-state index contributed by atoms with van der Waals surface area (Å²) in [6.07, 6.45) is 2.51. The third-order valence-electron chi connectivity index (χ3n) is 4.71. The SMILES string of the molecule is CCc1sc(C(=O)NC2CCN(C(=O)Nc3ccccc3)CC2)cc1C. The highest BCUT2D eigenvalue weighted by molar-refractivity contribution is 7.14. The van der Waals surface area contributed by atoms with Crippen molar-refractivity contribution in [2.75, 3.05) is 18.4 Å². The fourth-order valence-corrected chi connectivity index (χ4v) is 4.21. The van der Waals surface area contributed by atoms with Gasteiger partial charge in [0, 0.05) is 29.7 Å². The zero-order valence-electron chi connectivity index (χ0n) is 15.2. The van der Waals surface area contributed by atoms with E-state index >= 15 is 0 Å². The van der Waals surface area contributed by atoms with Crippen LogP contribution in [0.25, 0.3) is 0 Å². The summed E-state index contributed by atoms with van der Waals surface area (Å²) in [5.74, 6) is 0.00462. The third-order valence-corrected chi connectivity index (χ3v) is 6.09. The van der Waals surface area contributed by atoms with Crippen molar-refractivity contribution in [3.63, 3.8) is 0 Å². The van der Waals surface area contributed by atoms with Crippen molar-refractivity contribution < 1.29 is 9.59 Å². The summed E-state index contributed by atoms with van der Waals surface area (Å²) in [5.41, 5.74) is 1.99. The summed E-state index contributed by atoms with van der Waals surface area (Å²) < 4.78 is 0. The highest BCUT2D eigenvalue weighted by Gasteiger charge is 2.24. The van der Waals surface area contributed by atoms with E-state index in [1.165, 1.54) is 10.4 Å². The molecule has 138 valence electrons. The first kappa shape index (κ1) is 18.5. The van der Waals surface area contributed by atoms with Crippen LogP contribution >= 0.6 is 11.3 Å². The number of rotatable bonds is 4. The number of benzene rings is 1. The summed E-state index contributed by atoms with van der Waals surface area (Å²) in [4.78, 5) is 28.6. The molecule has 0 unspecified atom stereocenters. The molecule has 0 bridgehead atoms. The van der Waals surface area contributed by atoms with Crippen LogP contribution in [-0.2, 0) is 6.42 Å². The Bertz CT molecular complexity index is 765. The molecule has 5 nitrogen and oxygen atoms in total. The Balaban J connectivity index is 1.48. The summed E-state index contributed by atoms with van der Waals surface area (Å²) >= 11 is 1.58. The number of likely N-dealkylation sites (tertiary alicyclic amines) is 1. The molecule has 2 heterocycles. The fraction of sp³-hybridized carbons (Fsp3) is 0.400. The van der Waals surface area contributed by atoms with Crippen molar-refractivity contribution in [1.29, 1.82) is 0 Å². The van der Waals surface area contributed by atoms with Crippen molar-refractivity contribution in [2.45, 2.75) is 39.2 Å². The van der Waals surface area contributed by atoms with Crippen molar-refractivity contribution in [3.8, 4) is 0 Å². The van der Waals surface area contributed by atoms with Crippen LogP contribution in [0.5, 0.6) is 0 Å². The number of anilines is 1. The van der Waals surface area contributed by atoms with Crippen LogP contribution < -0.4 is 10.6 Å². The maximum absolute atomic E-state index is 12.5. The van der Waals surface area contributed by atoms with Gasteiger partial charge in [0.1, 0.15) is 0 Å². The van der Waals surface area contributed by atoms with E-state index in [0.717, 1.165) is 29.8 Å². The highest BCUT2D eigenvalue weighted by Crippen LogP contribution is 2.23. The van der Waals surface area contributed by atoms with Crippen molar-refractivity contribution >= 4 is 29.0 Å².